The average Bonchev–Trinajstić information content (AvgIpc) is 3.02. The summed E-state index contributed by atoms with van der Waals surface area (Å²) in [4.78, 5) is 18.7. The van der Waals surface area contributed by atoms with Crippen molar-refractivity contribution in [2.24, 2.45) is 5.41 Å². The molecule has 2 amide bonds. The summed E-state index contributed by atoms with van der Waals surface area (Å²) in [5.41, 5.74) is 2.48. The summed E-state index contributed by atoms with van der Waals surface area (Å²) in [6, 6.07) is 7.48. The molecule has 132 valence electrons. The fourth-order valence-electron chi connectivity index (χ4n) is 2.93. The molecule has 0 saturated carbocycles. The van der Waals surface area contributed by atoms with Gasteiger partial charge in [0.15, 0.2) is 0 Å². The molecule has 0 atom stereocenters. The van der Waals surface area contributed by atoms with E-state index in [1.165, 1.54) is 5.57 Å². The first-order valence-electron chi connectivity index (χ1n) is 8.60. The highest BCUT2D eigenvalue weighted by molar-refractivity contribution is 5.88. The molecule has 6 nitrogen and oxygen atoms in total. The van der Waals surface area contributed by atoms with Gasteiger partial charge in [-0.2, -0.15) is 5.10 Å². The second-order valence-electron chi connectivity index (χ2n) is 7.30. The van der Waals surface area contributed by atoms with Gasteiger partial charge < -0.3 is 4.90 Å². The molecular weight excluding hydrogens is 314 g/mol. The number of nitrogens with zero attached hydrogens (tertiary/aromatic N) is 4. The Morgan fingerprint density at radius 2 is 2.08 bits per heavy atom. The van der Waals surface area contributed by atoms with E-state index in [9.17, 15) is 4.79 Å². The van der Waals surface area contributed by atoms with Crippen molar-refractivity contribution >= 4 is 11.8 Å². The predicted molar refractivity (Wildman–Crippen MR) is 98.3 cm³/mol. The SMILES string of the molecule is CC(C)(C)C1=CCN(C(=O)Nc2ccnn2Cc2ccccn2)CC1. The van der Waals surface area contributed by atoms with Crippen LogP contribution >= 0.6 is 0 Å². The van der Waals surface area contributed by atoms with Gasteiger partial charge in [0.1, 0.15) is 5.82 Å². The monoisotopic (exact) mass is 339 g/mol. The molecule has 2 aromatic rings. The minimum atomic E-state index is -0.0908. The van der Waals surface area contributed by atoms with Crippen LogP contribution in [-0.2, 0) is 6.54 Å². The molecule has 1 N–H and O–H groups in total. The number of anilines is 1. The number of aromatic nitrogens is 3. The molecule has 25 heavy (non-hydrogen) atoms. The number of nitrogens with one attached hydrogen (secondary N) is 1. The van der Waals surface area contributed by atoms with Crippen molar-refractivity contribution in [3.8, 4) is 0 Å². The lowest BCUT2D eigenvalue weighted by Crippen LogP contribution is -2.39. The zero-order chi connectivity index (χ0) is 17.9. The van der Waals surface area contributed by atoms with Gasteiger partial charge in [-0.25, -0.2) is 9.48 Å². The zero-order valence-electron chi connectivity index (χ0n) is 15.1. The summed E-state index contributed by atoms with van der Waals surface area (Å²) in [7, 11) is 0. The molecule has 0 unspecified atom stereocenters. The van der Waals surface area contributed by atoms with Crippen LogP contribution in [0.3, 0.4) is 0 Å². The van der Waals surface area contributed by atoms with Gasteiger partial charge >= 0.3 is 6.03 Å². The van der Waals surface area contributed by atoms with Crippen LogP contribution in [0.15, 0.2) is 48.3 Å². The topological polar surface area (TPSA) is 63.1 Å². The Morgan fingerprint density at radius 1 is 1.24 bits per heavy atom. The van der Waals surface area contributed by atoms with Crippen LogP contribution in [0.2, 0.25) is 0 Å². The van der Waals surface area contributed by atoms with Crippen LogP contribution in [0.5, 0.6) is 0 Å². The maximum absolute atomic E-state index is 12.6. The van der Waals surface area contributed by atoms with Gasteiger partial charge in [-0.3, -0.25) is 10.3 Å². The van der Waals surface area contributed by atoms with Gasteiger partial charge in [0.2, 0.25) is 0 Å². The minimum absolute atomic E-state index is 0.0908. The number of hydrogen-bond acceptors (Lipinski definition) is 3. The number of rotatable bonds is 3. The van der Waals surface area contributed by atoms with Crippen LogP contribution in [0.4, 0.5) is 10.6 Å². The summed E-state index contributed by atoms with van der Waals surface area (Å²) in [6.45, 7) is 8.55. The molecule has 1 aliphatic rings. The molecule has 3 heterocycles. The Balaban J connectivity index is 1.63. The number of carbonyl (C=O) groups is 1. The number of carbonyl (C=O) groups excluding carboxylic acids is 1. The maximum Gasteiger partial charge on any atom is 0.323 e. The van der Waals surface area contributed by atoms with Crippen molar-refractivity contribution in [2.75, 3.05) is 18.4 Å². The van der Waals surface area contributed by atoms with Crippen LogP contribution in [0, 0.1) is 5.41 Å². The third kappa shape index (κ3) is 4.26. The van der Waals surface area contributed by atoms with E-state index in [4.69, 9.17) is 0 Å². The maximum atomic E-state index is 12.6. The summed E-state index contributed by atoms with van der Waals surface area (Å²) in [5, 5.41) is 7.25. The molecule has 0 bridgehead atoms. The first kappa shape index (κ1) is 17.2. The fourth-order valence-corrected chi connectivity index (χ4v) is 2.93. The van der Waals surface area contributed by atoms with Crippen molar-refractivity contribution < 1.29 is 4.79 Å². The number of pyridine rings is 1. The first-order chi connectivity index (χ1) is 11.9. The minimum Gasteiger partial charge on any atom is -0.320 e. The van der Waals surface area contributed by atoms with Crippen LogP contribution in [0.25, 0.3) is 0 Å². The van der Waals surface area contributed by atoms with E-state index in [0.29, 0.717) is 18.9 Å². The summed E-state index contributed by atoms with van der Waals surface area (Å²) < 4.78 is 1.75. The third-order valence-electron chi connectivity index (χ3n) is 4.45. The largest absolute Gasteiger partial charge is 0.323 e. The predicted octanol–water partition coefficient (Wildman–Crippen LogP) is 3.54. The molecule has 0 saturated heterocycles. The van der Waals surface area contributed by atoms with E-state index in [2.05, 4.69) is 42.2 Å². The lowest BCUT2D eigenvalue weighted by molar-refractivity contribution is 0.213. The number of urea groups is 1. The van der Waals surface area contributed by atoms with Crippen LogP contribution in [0.1, 0.15) is 32.9 Å². The van der Waals surface area contributed by atoms with E-state index in [0.717, 1.165) is 18.7 Å². The van der Waals surface area contributed by atoms with Gasteiger partial charge in [0.05, 0.1) is 18.4 Å². The quantitative estimate of drug-likeness (QED) is 0.870. The summed E-state index contributed by atoms with van der Waals surface area (Å²) >= 11 is 0. The van der Waals surface area contributed by atoms with E-state index < -0.39 is 0 Å². The Labute approximate surface area is 148 Å². The fraction of sp³-hybridized carbons (Fsp3) is 0.421. The summed E-state index contributed by atoms with van der Waals surface area (Å²) in [6.07, 6.45) is 6.54. The molecule has 0 aliphatic carbocycles. The highest BCUT2D eigenvalue weighted by Crippen LogP contribution is 2.30. The van der Waals surface area contributed by atoms with Gasteiger partial charge in [-0.15, -0.1) is 0 Å². The molecule has 6 heteroatoms. The normalized spacial score (nSPS) is 15.0. The van der Waals surface area contributed by atoms with Gasteiger partial charge in [0, 0.05) is 25.4 Å². The lowest BCUT2D eigenvalue weighted by atomic mass is 9.83. The molecule has 0 spiro atoms. The van der Waals surface area contributed by atoms with Crippen molar-refractivity contribution in [3.63, 3.8) is 0 Å². The van der Waals surface area contributed by atoms with Gasteiger partial charge in [-0.1, -0.05) is 38.5 Å². The van der Waals surface area contributed by atoms with Crippen molar-refractivity contribution in [1.29, 1.82) is 0 Å². The second kappa shape index (κ2) is 7.09. The van der Waals surface area contributed by atoms with Gasteiger partial charge in [0.25, 0.3) is 0 Å². The van der Waals surface area contributed by atoms with E-state index in [1.807, 2.05) is 23.1 Å². The number of hydrogen-bond donors (Lipinski definition) is 1. The van der Waals surface area contributed by atoms with Crippen molar-refractivity contribution in [2.45, 2.75) is 33.7 Å². The van der Waals surface area contributed by atoms with Gasteiger partial charge in [-0.05, 0) is 24.0 Å². The van der Waals surface area contributed by atoms with Crippen LogP contribution < -0.4 is 5.32 Å². The van der Waals surface area contributed by atoms with Crippen LogP contribution in [-0.4, -0.2) is 38.8 Å². The average molecular weight is 339 g/mol. The molecule has 0 radical (unpaired) electrons. The second-order valence-corrected chi connectivity index (χ2v) is 7.30. The third-order valence-corrected chi connectivity index (χ3v) is 4.45. The Hall–Kier alpha value is -2.63. The first-order valence-corrected chi connectivity index (χ1v) is 8.60. The molecule has 0 aromatic carbocycles. The van der Waals surface area contributed by atoms with Crippen molar-refractivity contribution in [3.05, 3.63) is 54.0 Å². The standard InChI is InChI=1S/C19H25N5O/c1-19(2,3)15-8-12-23(13-9-15)18(25)22-17-7-11-21-24(17)14-16-6-4-5-10-20-16/h4-8,10-11H,9,12-14H2,1-3H3,(H,22,25). The Bertz CT molecular complexity index is 758. The highest BCUT2D eigenvalue weighted by Gasteiger charge is 2.24. The summed E-state index contributed by atoms with van der Waals surface area (Å²) in [5.74, 6) is 0.682. The van der Waals surface area contributed by atoms with Crippen molar-refractivity contribution in [1.82, 2.24) is 19.7 Å². The molecule has 0 fully saturated rings. The molecule has 1 aliphatic heterocycles. The lowest BCUT2D eigenvalue weighted by Gasteiger charge is -2.32. The number of amides is 2. The molecule has 2 aromatic heterocycles. The Kier molecular flexibility index (Phi) is 4.88. The van der Waals surface area contributed by atoms with E-state index in [1.54, 1.807) is 23.1 Å². The molecule has 3 rings (SSSR count). The Morgan fingerprint density at radius 3 is 2.72 bits per heavy atom. The van der Waals surface area contributed by atoms with E-state index >= 15 is 0 Å². The smallest absolute Gasteiger partial charge is 0.320 e. The highest BCUT2D eigenvalue weighted by atomic mass is 16.2. The molecular formula is C19H25N5O. The van der Waals surface area contributed by atoms with E-state index in [-0.39, 0.29) is 11.4 Å². The zero-order valence-corrected chi connectivity index (χ0v) is 15.1.